The van der Waals surface area contributed by atoms with Crippen LogP contribution in [0.15, 0.2) is 24.3 Å². The minimum absolute atomic E-state index is 1.07. The monoisotopic (exact) mass is 425 g/mol. The fraction of sp³-hybridized carbons (Fsp3) is 0.692. The smallest absolute Gasteiger partial charge is 0.0458 e. The number of aromatic amines is 1. The molecule has 0 atom stereocenters. The Labute approximate surface area is 189 Å². The van der Waals surface area contributed by atoms with Gasteiger partial charge in [0.15, 0.2) is 0 Å². The summed E-state index contributed by atoms with van der Waals surface area (Å²) >= 11 is 0. The number of aromatic nitrogens is 1. The van der Waals surface area contributed by atoms with E-state index in [-0.39, 0.29) is 0 Å². The molecule has 31 heavy (non-hydrogen) atoms. The lowest BCUT2D eigenvalue weighted by atomic mass is 10.1. The highest BCUT2D eigenvalue weighted by molar-refractivity contribution is 5.84. The fourth-order valence-electron chi connectivity index (χ4n) is 5.31. The summed E-state index contributed by atoms with van der Waals surface area (Å²) in [5, 5.41) is 5.09. The quantitative estimate of drug-likeness (QED) is 0.542. The molecule has 2 aromatic rings. The van der Waals surface area contributed by atoms with Gasteiger partial charge < -0.3 is 20.1 Å². The fourth-order valence-corrected chi connectivity index (χ4v) is 5.31. The molecule has 0 amide bonds. The summed E-state index contributed by atoms with van der Waals surface area (Å²) in [6.07, 6.45) is 7.69. The number of H-pyrrole nitrogens is 1. The van der Waals surface area contributed by atoms with Crippen LogP contribution in [0.5, 0.6) is 0 Å². The lowest BCUT2D eigenvalue weighted by Gasteiger charge is -2.36. The number of hydrogen-bond acceptors (Lipinski definition) is 4. The zero-order valence-corrected chi connectivity index (χ0v) is 19.7. The Morgan fingerprint density at radius 2 is 1.48 bits per heavy atom. The van der Waals surface area contributed by atoms with E-state index in [2.05, 4.69) is 56.2 Å². The summed E-state index contributed by atoms with van der Waals surface area (Å²) in [5.74, 6) is 0. The van der Waals surface area contributed by atoms with Crippen LogP contribution in [0.1, 0.15) is 43.9 Å². The summed E-state index contributed by atoms with van der Waals surface area (Å²) in [5.41, 5.74) is 4.19. The molecule has 0 spiro atoms. The molecular formula is C26H43N5. The summed E-state index contributed by atoms with van der Waals surface area (Å²) in [4.78, 5) is 11.6. The number of hydrogen-bond donors (Lipinski definition) is 2. The van der Waals surface area contributed by atoms with Crippen molar-refractivity contribution in [2.24, 2.45) is 0 Å². The second kappa shape index (κ2) is 12.0. The third-order valence-electron chi connectivity index (χ3n) is 7.28. The number of para-hydroxylation sites is 1. The highest BCUT2D eigenvalue weighted by Crippen LogP contribution is 2.23. The number of nitrogens with zero attached hydrogens (tertiary/aromatic N) is 3. The number of benzene rings is 1. The molecule has 3 heterocycles. The van der Waals surface area contributed by atoms with Crippen LogP contribution in [0.25, 0.3) is 10.9 Å². The molecule has 2 aliphatic heterocycles. The number of piperazine rings is 1. The van der Waals surface area contributed by atoms with Gasteiger partial charge in [-0.2, -0.15) is 0 Å². The highest BCUT2D eigenvalue weighted by Gasteiger charge is 2.18. The van der Waals surface area contributed by atoms with Gasteiger partial charge in [-0.3, -0.25) is 4.90 Å². The Balaban J connectivity index is 1.07. The van der Waals surface area contributed by atoms with Crippen molar-refractivity contribution in [1.82, 2.24) is 25.0 Å². The van der Waals surface area contributed by atoms with Gasteiger partial charge in [0.05, 0.1) is 0 Å². The second-order valence-electron chi connectivity index (χ2n) is 9.42. The Morgan fingerprint density at radius 1 is 0.806 bits per heavy atom. The molecule has 0 bridgehead atoms. The van der Waals surface area contributed by atoms with E-state index in [4.69, 9.17) is 0 Å². The highest BCUT2D eigenvalue weighted by atomic mass is 15.3. The predicted octanol–water partition coefficient (Wildman–Crippen LogP) is 3.36. The van der Waals surface area contributed by atoms with Crippen molar-refractivity contribution in [3.63, 3.8) is 0 Å². The maximum atomic E-state index is 3.69. The third kappa shape index (κ3) is 6.55. The molecule has 1 aromatic heterocycles. The SMILES string of the molecule is CCc1[nH]c2ccccc2c1CCNCCCN1CCN(CCN2CCCCC2)CC1. The number of likely N-dealkylation sites (tertiary alicyclic amines) is 1. The van der Waals surface area contributed by atoms with E-state index in [1.807, 2.05) is 0 Å². The van der Waals surface area contributed by atoms with Crippen LogP contribution in [0.2, 0.25) is 0 Å². The zero-order valence-electron chi connectivity index (χ0n) is 19.7. The molecule has 0 saturated carbocycles. The number of aryl methyl sites for hydroxylation is 1. The van der Waals surface area contributed by atoms with Crippen molar-refractivity contribution >= 4 is 10.9 Å². The topological polar surface area (TPSA) is 37.5 Å². The molecule has 5 nitrogen and oxygen atoms in total. The molecular weight excluding hydrogens is 382 g/mol. The molecule has 172 valence electrons. The van der Waals surface area contributed by atoms with Crippen molar-refractivity contribution in [2.75, 3.05) is 72.0 Å². The van der Waals surface area contributed by atoms with E-state index in [1.165, 1.54) is 107 Å². The van der Waals surface area contributed by atoms with Crippen LogP contribution in [0.3, 0.4) is 0 Å². The molecule has 0 unspecified atom stereocenters. The predicted molar refractivity (Wildman–Crippen MR) is 132 cm³/mol. The number of piperidine rings is 1. The van der Waals surface area contributed by atoms with E-state index >= 15 is 0 Å². The summed E-state index contributed by atoms with van der Waals surface area (Å²) in [6, 6.07) is 8.72. The molecule has 2 fully saturated rings. The van der Waals surface area contributed by atoms with Gasteiger partial charge in [-0.15, -0.1) is 0 Å². The van der Waals surface area contributed by atoms with Crippen molar-refractivity contribution in [2.45, 2.75) is 45.4 Å². The van der Waals surface area contributed by atoms with Crippen LogP contribution in [0.4, 0.5) is 0 Å². The van der Waals surface area contributed by atoms with Crippen LogP contribution in [-0.2, 0) is 12.8 Å². The number of nitrogens with one attached hydrogen (secondary N) is 2. The first-order valence-electron chi connectivity index (χ1n) is 12.8. The second-order valence-corrected chi connectivity index (χ2v) is 9.42. The number of fused-ring (bicyclic) bond motifs is 1. The number of rotatable bonds is 11. The normalized spacial score (nSPS) is 19.4. The van der Waals surface area contributed by atoms with E-state index < -0.39 is 0 Å². The van der Waals surface area contributed by atoms with Gasteiger partial charge in [0.1, 0.15) is 0 Å². The third-order valence-corrected chi connectivity index (χ3v) is 7.28. The zero-order chi connectivity index (χ0) is 21.3. The van der Waals surface area contributed by atoms with Gasteiger partial charge in [0, 0.05) is 55.9 Å². The van der Waals surface area contributed by atoms with E-state index in [0.29, 0.717) is 0 Å². The molecule has 0 aliphatic carbocycles. The summed E-state index contributed by atoms with van der Waals surface area (Å²) < 4.78 is 0. The molecule has 0 radical (unpaired) electrons. The van der Waals surface area contributed by atoms with Gasteiger partial charge in [-0.25, -0.2) is 0 Å². The minimum atomic E-state index is 1.07. The van der Waals surface area contributed by atoms with E-state index in [1.54, 1.807) is 0 Å². The van der Waals surface area contributed by atoms with Gasteiger partial charge in [-0.05, 0) is 76.5 Å². The van der Waals surface area contributed by atoms with Gasteiger partial charge in [0.25, 0.3) is 0 Å². The lowest BCUT2D eigenvalue weighted by molar-refractivity contribution is 0.113. The van der Waals surface area contributed by atoms with E-state index in [0.717, 1.165) is 25.9 Å². The minimum Gasteiger partial charge on any atom is -0.358 e. The average Bonchev–Trinajstić information content (AvgIpc) is 3.19. The molecule has 2 N–H and O–H groups in total. The maximum absolute atomic E-state index is 3.69. The van der Waals surface area contributed by atoms with E-state index in [9.17, 15) is 0 Å². The van der Waals surface area contributed by atoms with Gasteiger partial charge in [0.2, 0.25) is 0 Å². The summed E-state index contributed by atoms with van der Waals surface area (Å²) in [6.45, 7) is 15.9. The van der Waals surface area contributed by atoms with Crippen LogP contribution >= 0.6 is 0 Å². The molecule has 2 aliphatic rings. The van der Waals surface area contributed by atoms with Crippen molar-refractivity contribution in [1.29, 1.82) is 0 Å². The van der Waals surface area contributed by atoms with Crippen LogP contribution in [0, 0.1) is 0 Å². The largest absolute Gasteiger partial charge is 0.358 e. The first-order chi connectivity index (χ1) is 15.3. The average molecular weight is 426 g/mol. The van der Waals surface area contributed by atoms with Crippen molar-refractivity contribution in [3.05, 3.63) is 35.5 Å². The van der Waals surface area contributed by atoms with Crippen LogP contribution in [-0.4, -0.2) is 91.7 Å². The lowest BCUT2D eigenvalue weighted by Crippen LogP contribution is -2.49. The Hall–Kier alpha value is -1.40. The first kappa shape index (κ1) is 22.8. The standard InChI is InChI=1S/C26H43N5/c1-2-25-24(23-9-4-5-10-26(23)28-25)11-13-27-12-8-16-30-18-21-31(22-19-30)20-17-29-14-6-3-7-15-29/h4-5,9-10,27-28H,2-3,6-8,11-22H2,1H3. The first-order valence-corrected chi connectivity index (χ1v) is 12.8. The Morgan fingerprint density at radius 3 is 2.23 bits per heavy atom. The van der Waals surface area contributed by atoms with Crippen molar-refractivity contribution in [3.8, 4) is 0 Å². The van der Waals surface area contributed by atoms with Crippen LogP contribution < -0.4 is 5.32 Å². The molecule has 1 aromatic carbocycles. The van der Waals surface area contributed by atoms with Crippen molar-refractivity contribution < 1.29 is 0 Å². The maximum Gasteiger partial charge on any atom is 0.0458 e. The molecule has 5 heteroatoms. The summed E-state index contributed by atoms with van der Waals surface area (Å²) in [7, 11) is 0. The molecule has 2 saturated heterocycles. The molecule has 4 rings (SSSR count). The Kier molecular flexibility index (Phi) is 8.82. The van der Waals surface area contributed by atoms with Gasteiger partial charge in [-0.1, -0.05) is 31.5 Å². The van der Waals surface area contributed by atoms with Gasteiger partial charge >= 0.3 is 0 Å². The Bertz CT molecular complexity index is 771.